The van der Waals surface area contributed by atoms with Crippen molar-refractivity contribution in [3.8, 4) is 56.7 Å². The van der Waals surface area contributed by atoms with Crippen molar-refractivity contribution in [3.63, 3.8) is 0 Å². The van der Waals surface area contributed by atoms with E-state index in [-0.39, 0.29) is 0 Å². The average Bonchev–Trinajstić information content (AvgIpc) is 3.74. The molecule has 1 aliphatic heterocycles. The average molecular weight is 620 g/mol. The molecule has 0 bridgehead atoms. The molecule has 1 spiro atoms. The maximum Gasteiger partial charge on any atom is 0.160 e. The standard InChI is InChI=1S/C42H25N3OS/c1-2-11-26(12-3-1)41-44-34(25-35(45-41)33-17-8-9-23-43-33)27-13-10-16-31-39(27)40-28-22-24-47-38(28)21-20-32(40)42(31)29-14-4-6-18-36(29)46-37-19-7-5-15-30(37)42/h1-25H. The number of para-hydroxylation sites is 2. The van der Waals surface area contributed by atoms with Gasteiger partial charge in [-0.15, -0.1) is 11.3 Å². The molecule has 0 fully saturated rings. The lowest BCUT2D eigenvalue weighted by Crippen LogP contribution is -2.32. The lowest BCUT2D eigenvalue weighted by atomic mass is 9.66. The van der Waals surface area contributed by atoms with E-state index >= 15 is 0 Å². The summed E-state index contributed by atoms with van der Waals surface area (Å²) in [5.41, 5.74) is 11.1. The maximum atomic E-state index is 6.59. The van der Waals surface area contributed by atoms with Crippen LogP contribution in [-0.2, 0) is 5.41 Å². The van der Waals surface area contributed by atoms with Crippen LogP contribution in [-0.4, -0.2) is 15.0 Å². The van der Waals surface area contributed by atoms with Gasteiger partial charge in [0, 0.05) is 38.5 Å². The molecule has 8 aromatic rings. The molecule has 10 rings (SSSR count). The first-order valence-electron chi connectivity index (χ1n) is 15.7. The van der Waals surface area contributed by atoms with Crippen LogP contribution < -0.4 is 4.74 Å². The van der Waals surface area contributed by atoms with Gasteiger partial charge in [-0.3, -0.25) is 4.98 Å². The van der Waals surface area contributed by atoms with Gasteiger partial charge in [0.05, 0.1) is 22.5 Å². The van der Waals surface area contributed by atoms with E-state index in [0.29, 0.717) is 5.82 Å². The number of ether oxygens (including phenoxy) is 1. The zero-order chi connectivity index (χ0) is 31.0. The predicted octanol–water partition coefficient (Wildman–Crippen LogP) is 10.6. The first-order chi connectivity index (χ1) is 23.3. The molecule has 5 heteroatoms. The zero-order valence-corrected chi connectivity index (χ0v) is 25.9. The molecule has 0 radical (unpaired) electrons. The SMILES string of the molecule is c1ccc(-c2nc(-c3ccccn3)cc(-c3cccc4c3-c3c(ccc5sccc35)C43c4ccccc4Oc4ccccc43)n2)cc1. The summed E-state index contributed by atoms with van der Waals surface area (Å²) < 4.78 is 7.85. The Morgan fingerprint density at radius 1 is 0.532 bits per heavy atom. The van der Waals surface area contributed by atoms with Gasteiger partial charge in [-0.1, -0.05) is 97.1 Å². The fourth-order valence-corrected chi connectivity index (χ4v) is 8.43. The molecule has 0 unspecified atom stereocenters. The Bertz CT molecular complexity index is 2400. The molecule has 2 aliphatic rings. The number of nitrogens with zero attached hydrogens (tertiary/aromatic N) is 3. The van der Waals surface area contributed by atoms with Crippen molar-refractivity contribution in [1.82, 2.24) is 15.0 Å². The van der Waals surface area contributed by atoms with E-state index in [1.54, 1.807) is 11.3 Å². The van der Waals surface area contributed by atoms with Crippen LogP contribution in [0.4, 0.5) is 0 Å². The second kappa shape index (κ2) is 10.0. The number of rotatable bonds is 3. The molecule has 0 amide bonds. The summed E-state index contributed by atoms with van der Waals surface area (Å²) >= 11 is 1.78. The van der Waals surface area contributed by atoms with E-state index in [1.165, 1.54) is 32.3 Å². The van der Waals surface area contributed by atoms with E-state index in [2.05, 4.69) is 113 Å². The topological polar surface area (TPSA) is 47.9 Å². The van der Waals surface area contributed by atoms with E-state index in [9.17, 15) is 0 Å². The molecule has 0 saturated heterocycles. The van der Waals surface area contributed by atoms with Crippen LogP contribution >= 0.6 is 11.3 Å². The van der Waals surface area contributed by atoms with E-state index in [4.69, 9.17) is 14.7 Å². The highest BCUT2D eigenvalue weighted by Gasteiger charge is 2.52. The van der Waals surface area contributed by atoms with Crippen molar-refractivity contribution < 1.29 is 4.74 Å². The molecular formula is C42H25N3OS. The Morgan fingerprint density at radius 2 is 1.23 bits per heavy atom. The monoisotopic (exact) mass is 619 g/mol. The van der Waals surface area contributed by atoms with Gasteiger partial charge in [0.2, 0.25) is 0 Å². The minimum Gasteiger partial charge on any atom is -0.457 e. The lowest BCUT2D eigenvalue weighted by molar-refractivity contribution is 0.436. The quantitative estimate of drug-likeness (QED) is 0.197. The molecule has 47 heavy (non-hydrogen) atoms. The molecule has 0 atom stereocenters. The van der Waals surface area contributed by atoms with E-state index < -0.39 is 5.41 Å². The fraction of sp³-hybridized carbons (Fsp3) is 0.0238. The molecule has 0 N–H and O–H groups in total. The number of pyridine rings is 1. The van der Waals surface area contributed by atoms with Crippen molar-refractivity contribution >= 4 is 21.4 Å². The molecule has 4 heterocycles. The number of thiophene rings is 1. The highest BCUT2D eigenvalue weighted by atomic mass is 32.1. The van der Waals surface area contributed by atoms with Crippen molar-refractivity contribution in [2.24, 2.45) is 0 Å². The largest absolute Gasteiger partial charge is 0.457 e. The van der Waals surface area contributed by atoms with Gasteiger partial charge in [-0.05, 0) is 70.1 Å². The molecule has 3 aromatic heterocycles. The summed E-state index contributed by atoms with van der Waals surface area (Å²) in [7, 11) is 0. The second-order valence-electron chi connectivity index (χ2n) is 11.9. The van der Waals surface area contributed by atoms with Gasteiger partial charge >= 0.3 is 0 Å². The summed E-state index contributed by atoms with van der Waals surface area (Å²) in [6.07, 6.45) is 1.81. The molecule has 5 aromatic carbocycles. The van der Waals surface area contributed by atoms with Gasteiger partial charge in [0.1, 0.15) is 11.5 Å². The third-order valence-corrected chi connectivity index (χ3v) is 10.4. The number of hydrogen-bond acceptors (Lipinski definition) is 5. The maximum absolute atomic E-state index is 6.59. The Morgan fingerprint density at radius 3 is 2.02 bits per heavy atom. The Kier molecular flexibility index (Phi) is 5.63. The summed E-state index contributed by atoms with van der Waals surface area (Å²) in [5, 5.41) is 3.45. The Hall–Kier alpha value is -5.91. The number of fused-ring (bicyclic) bond motifs is 11. The second-order valence-corrected chi connectivity index (χ2v) is 12.9. The molecular weight excluding hydrogens is 595 g/mol. The van der Waals surface area contributed by atoms with Crippen LogP contribution in [0.3, 0.4) is 0 Å². The first-order valence-corrected chi connectivity index (χ1v) is 16.6. The number of hydrogen-bond donors (Lipinski definition) is 0. The van der Waals surface area contributed by atoms with E-state index in [1.807, 2.05) is 42.6 Å². The van der Waals surface area contributed by atoms with Gasteiger partial charge < -0.3 is 4.74 Å². The zero-order valence-electron chi connectivity index (χ0n) is 25.1. The van der Waals surface area contributed by atoms with Crippen molar-refractivity contribution in [3.05, 3.63) is 173 Å². The summed E-state index contributed by atoms with van der Waals surface area (Å²) in [6, 6.07) is 48.8. The lowest BCUT2D eigenvalue weighted by Gasteiger charge is -2.39. The van der Waals surface area contributed by atoms with Crippen LogP contribution in [0, 0.1) is 0 Å². The Labute approximate surface area is 275 Å². The van der Waals surface area contributed by atoms with Crippen LogP contribution in [0.25, 0.3) is 55.2 Å². The molecule has 0 saturated carbocycles. The van der Waals surface area contributed by atoms with Gasteiger partial charge in [-0.25, -0.2) is 9.97 Å². The third-order valence-electron chi connectivity index (χ3n) is 9.52. The predicted molar refractivity (Wildman–Crippen MR) is 189 cm³/mol. The summed E-state index contributed by atoms with van der Waals surface area (Å²) in [4.78, 5) is 15.0. The smallest absolute Gasteiger partial charge is 0.160 e. The molecule has 220 valence electrons. The van der Waals surface area contributed by atoms with E-state index in [0.717, 1.165) is 50.8 Å². The fourth-order valence-electron chi connectivity index (χ4n) is 7.64. The highest BCUT2D eigenvalue weighted by molar-refractivity contribution is 7.17. The minimum atomic E-state index is -0.568. The normalized spacial score (nSPS) is 13.4. The van der Waals surface area contributed by atoms with Crippen LogP contribution in [0.15, 0.2) is 151 Å². The Balaban J connectivity index is 1.34. The van der Waals surface area contributed by atoms with Gasteiger partial charge in [0.15, 0.2) is 5.82 Å². The van der Waals surface area contributed by atoms with Crippen LogP contribution in [0.5, 0.6) is 11.5 Å². The van der Waals surface area contributed by atoms with Gasteiger partial charge in [-0.2, -0.15) is 0 Å². The molecule has 4 nitrogen and oxygen atoms in total. The summed E-state index contributed by atoms with van der Waals surface area (Å²) in [5.74, 6) is 2.43. The highest BCUT2D eigenvalue weighted by Crippen LogP contribution is 2.64. The van der Waals surface area contributed by atoms with Crippen LogP contribution in [0.2, 0.25) is 0 Å². The molecule has 1 aliphatic carbocycles. The van der Waals surface area contributed by atoms with Crippen LogP contribution in [0.1, 0.15) is 22.3 Å². The third kappa shape index (κ3) is 3.72. The van der Waals surface area contributed by atoms with Crippen molar-refractivity contribution in [1.29, 1.82) is 0 Å². The number of aromatic nitrogens is 3. The summed E-state index contributed by atoms with van der Waals surface area (Å²) in [6.45, 7) is 0. The number of benzene rings is 5. The first kappa shape index (κ1) is 26.3. The van der Waals surface area contributed by atoms with Gasteiger partial charge in [0.25, 0.3) is 0 Å². The van der Waals surface area contributed by atoms with Crippen molar-refractivity contribution in [2.75, 3.05) is 0 Å². The minimum absolute atomic E-state index is 0.568. The van der Waals surface area contributed by atoms with Crippen molar-refractivity contribution in [2.45, 2.75) is 5.41 Å².